The highest BCUT2D eigenvalue weighted by molar-refractivity contribution is 9.10. The van der Waals surface area contributed by atoms with Crippen molar-refractivity contribution < 1.29 is 4.79 Å². The maximum atomic E-state index is 12.2. The third-order valence-corrected chi connectivity index (χ3v) is 4.56. The Hall–Kier alpha value is -1.35. The fraction of sp³-hybridized carbons (Fsp3) is 0.312. The lowest BCUT2D eigenvalue weighted by molar-refractivity contribution is -0.119. The van der Waals surface area contributed by atoms with E-state index >= 15 is 0 Å². The standard InChI is InChI=1S/C16H16BrNO/c1-10(11-6-7-11)16(19)18-15-9-8-14(17)12-4-2-3-5-13(12)15/h2-5,8-11H,6-7H2,1H3,(H,18,19). The number of nitrogens with one attached hydrogen (secondary N) is 1. The molecular formula is C16H16BrNO. The third-order valence-electron chi connectivity index (χ3n) is 3.87. The van der Waals surface area contributed by atoms with Gasteiger partial charge < -0.3 is 5.32 Å². The van der Waals surface area contributed by atoms with Crippen LogP contribution in [0.2, 0.25) is 0 Å². The van der Waals surface area contributed by atoms with Gasteiger partial charge in [0.1, 0.15) is 0 Å². The molecule has 1 aliphatic carbocycles. The van der Waals surface area contributed by atoms with Gasteiger partial charge in [0.15, 0.2) is 0 Å². The van der Waals surface area contributed by atoms with Crippen molar-refractivity contribution in [3.05, 3.63) is 40.9 Å². The maximum Gasteiger partial charge on any atom is 0.227 e. The number of fused-ring (bicyclic) bond motifs is 1. The third kappa shape index (κ3) is 2.52. The second-order valence-electron chi connectivity index (χ2n) is 5.26. The molecule has 0 bridgehead atoms. The molecule has 1 amide bonds. The minimum Gasteiger partial charge on any atom is -0.325 e. The van der Waals surface area contributed by atoms with E-state index in [9.17, 15) is 4.79 Å². The predicted octanol–water partition coefficient (Wildman–Crippen LogP) is 4.59. The molecular weight excluding hydrogens is 302 g/mol. The largest absolute Gasteiger partial charge is 0.325 e. The van der Waals surface area contributed by atoms with Gasteiger partial charge in [0, 0.05) is 21.5 Å². The van der Waals surface area contributed by atoms with Crippen molar-refractivity contribution in [2.75, 3.05) is 5.32 Å². The number of benzene rings is 2. The number of hydrogen-bond acceptors (Lipinski definition) is 1. The van der Waals surface area contributed by atoms with Gasteiger partial charge in [-0.25, -0.2) is 0 Å². The molecule has 0 spiro atoms. The van der Waals surface area contributed by atoms with Crippen LogP contribution in [0.1, 0.15) is 19.8 Å². The summed E-state index contributed by atoms with van der Waals surface area (Å²) in [7, 11) is 0. The van der Waals surface area contributed by atoms with E-state index in [1.54, 1.807) is 0 Å². The van der Waals surface area contributed by atoms with Crippen LogP contribution in [-0.4, -0.2) is 5.91 Å². The zero-order chi connectivity index (χ0) is 13.4. The van der Waals surface area contributed by atoms with Crippen molar-refractivity contribution in [1.29, 1.82) is 0 Å². The molecule has 0 heterocycles. The lowest BCUT2D eigenvalue weighted by Gasteiger charge is -2.13. The lowest BCUT2D eigenvalue weighted by Crippen LogP contribution is -2.21. The molecule has 0 aliphatic heterocycles. The van der Waals surface area contributed by atoms with Gasteiger partial charge in [0.25, 0.3) is 0 Å². The first-order valence-electron chi connectivity index (χ1n) is 6.65. The molecule has 1 fully saturated rings. The number of carbonyl (C=O) groups excluding carboxylic acids is 1. The fourth-order valence-corrected chi connectivity index (χ4v) is 2.91. The number of amides is 1. The van der Waals surface area contributed by atoms with Crippen molar-refractivity contribution in [1.82, 2.24) is 0 Å². The summed E-state index contributed by atoms with van der Waals surface area (Å²) >= 11 is 3.55. The molecule has 1 atom stereocenters. The molecule has 0 saturated heterocycles. The molecule has 1 N–H and O–H groups in total. The van der Waals surface area contributed by atoms with E-state index in [1.165, 1.54) is 12.8 Å². The Morgan fingerprint density at radius 1 is 1.21 bits per heavy atom. The summed E-state index contributed by atoms with van der Waals surface area (Å²) in [6.07, 6.45) is 2.38. The Morgan fingerprint density at radius 2 is 1.89 bits per heavy atom. The number of carbonyl (C=O) groups is 1. The molecule has 1 aliphatic rings. The molecule has 0 aromatic heterocycles. The first-order valence-corrected chi connectivity index (χ1v) is 7.44. The van der Waals surface area contributed by atoms with Crippen molar-refractivity contribution in [2.24, 2.45) is 11.8 Å². The molecule has 0 radical (unpaired) electrons. The average Bonchev–Trinajstić information content (AvgIpc) is 3.26. The summed E-state index contributed by atoms with van der Waals surface area (Å²) in [5.74, 6) is 0.832. The summed E-state index contributed by atoms with van der Waals surface area (Å²) < 4.78 is 1.05. The van der Waals surface area contributed by atoms with Crippen LogP contribution in [0, 0.1) is 11.8 Å². The van der Waals surface area contributed by atoms with Crippen LogP contribution in [-0.2, 0) is 4.79 Å². The Balaban J connectivity index is 1.92. The van der Waals surface area contributed by atoms with Crippen LogP contribution >= 0.6 is 15.9 Å². The van der Waals surface area contributed by atoms with Crippen LogP contribution in [0.3, 0.4) is 0 Å². The minimum atomic E-state index is 0.113. The second-order valence-corrected chi connectivity index (χ2v) is 6.11. The summed E-state index contributed by atoms with van der Waals surface area (Å²) in [5, 5.41) is 5.27. The van der Waals surface area contributed by atoms with Crippen LogP contribution in [0.5, 0.6) is 0 Å². The van der Waals surface area contributed by atoms with Crippen LogP contribution in [0.4, 0.5) is 5.69 Å². The highest BCUT2D eigenvalue weighted by Crippen LogP contribution is 2.37. The van der Waals surface area contributed by atoms with E-state index in [2.05, 4.69) is 27.3 Å². The highest BCUT2D eigenvalue weighted by Gasteiger charge is 2.32. The number of halogens is 1. The number of anilines is 1. The first kappa shape index (κ1) is 12.7. The van der Waals surface area contributed by atoms with Gasteiger partial charge in [-0.1, -0.05) is 47.1 Å². The van der Waals surface area contributed by atoms with E-state index in [0.29, 0.717) is 5.92 Å². The fourth-order valence-electron chi connectivity index (χ4n) is 2.43. The summed E-state index contributed by atoms with van der Waals surface area (Å²) in [6, 6.07) is 12.0. The SMILES string of the molecule is CC(C(=O)Nc1ccc(Br)c2ccccc12)C1CC1. The maximum absolute atomic E-state index is 12.2. The van der Waals surface area contributed by atoms with Gasteiger partial charge in [-0.3, -0.25) is 4.79 Å². The quantitative estimate of drug-likeness (QED) is 0.881. The van der Waals surface area contributed by atoms with Crippen molar-refractivity contribution in [3.8, 4) is 0 Å². The highest BCUT2D eigenvalue weighted by atomic mass is 79.9. The first-order chi connectivity index (χ1) is 9.16. The van der Waals surface area contributed by atoms with Crippen molar-refractivity contribution in [2.45, 2.75) is 19.8 Å². The molecule has 98 valence electrons. The van der Waals surface area contributed by atoms with Gasteiger partial charge in [0.2, 0.25) is 5.91 Å². The molecule has 1 saturated carbocycles. The van der Waals surface area contributed by atoms with E-state index < -0.39 is 0 Å². The van der Waals surface area contributed by atoms with Gasteiger partial charge in [0.05, 0.1) is 0 Å². The predicted molar refractivity (Wildman–Crippen MR) is 82.2 cm³/mol. The van der Waals surface area contributed by atoms with Gasteiger partial charge in [-0.15, -0.1) is 0 Å². The molecule has 1 unspecified atom stereocenters. The zero-order valence-electron chi connectivity index (χ0n) is 10.8. The summed E-state index contributed by atoms with van der Waals surface area (Å²) in [4.78, 5) is 12.2. The van der Waals surface area contributed by atoms with Crippen LogP contribution < -0.4 is 5.32 Å². The zero-order valence-corrected chi connectivity index (χ0v) is 12.4. The van der Waals surface area contributed by atoms with E-state index in [0.717, 1.165) is 20.9 Å². The normalized spacial score (nSPS) is 16.3. The van der Waals surface area contributed by atoms with Gasteiger partial charge >= 0.3 is 0 Å². The smallest absolute Gasteiger partial charge is 0.227 e. The monoisotopic (exact) mass is 317 g/mol. The molecule has 3 heteroatoms. The number of rotatable bonds is 3. The van der Waals surface area contributed by atoms with Crippen LogP contribution in [0.25, 0.3) is 10.8 Å². The number of hydrogen-bond donors (Lipinski definition) is 1. The molecule has 19 heavy (non-hydrogen) atoms. The Kier molecular flexibility index (Phi) is 3.31. The Bertz CT molecular complexity index is 634. The van der Waals surface area contributed by atoms with Crippen molar-refractivity contribution in [3.63, 3.8) is 0 Å². The molecule has 2 aromatic carbocycles. The minimum absolute atomic E-state index is 0.113. The van der Waals surface area contributed by atoms with E-state index in [-0.39, 0.29) is 11.8 Å². The molecule has 2 nitrogen and oxygen atoms in total. The molecule has 3 rings (SSSR count). The van der Waals surface area contributed by atoms with E-state index in [4.69, 9.17) is 0 Å². The van der Waals surface area contributed by atoms with Gasteiger partial charge in [-0.2, -0.15) is 0 Å². The average molecular weight is 318 g/mol. The summed E-state index contributed by atoms with van der Waals surface area (Å²) in [6.45, 7) is 2.02. The topological polar surface area (TPSA) is 29.1 Å². The Morgan fingerprint density at radius 3 is 2.58 bits per heavy atom. The summed E-state index contributed by atoms with van der Waals surface area (Å²) in [5.41, 5.74) is 0.899. The Labute approximate surface area is 121 Å². The van der Waals surface area contributed by atoms with Gasteiger partial charge in [-0.05, 0) is 36.3 Å². The van der Waals surface area contributed by atoms with Crippen LogP contribution in [0.15, 0.2) is 40.9 Å². The van der Waals surface area contributed by atoms with Crippen molar-refractivity contribution >= 4 is 38.3 Å². The second kappa shape index (κ2) is 4.97. The van der Waals surface area contributed by atoms with E-state index in [1.807, 2.05) is 37.3 Å². The molecule has 2 aromatic rings. The lowest BCUT2D eigenvalue weighted by atomic mass is 10.0.